The van der Waals surface area contributed by atoms with Crippen molar-refractivity contribution in [1.29, 1.82) is 0 Å². The lowest BCUT2D eigenvalue weighted by atomic mass is 10.0. The Labute approximate surface area is 149 Å². The van der Waals surface area contributed by atoms with Crippen molar-refractivity contribution in [3.8, 4) is 0 Å². The van der Waals surface area contributed by atoms with Crippen LogP contribution in [0.25, 0.3) is 0 Å². The van der Waals surface area contributed by atoms with Crippen molar-refractivity contribution in [2.75, 3.05) is 32.7 Å². The lowest BCUT2D eigenvalue weighted by molar-refractivity contribution is -0.123. The van der Waals surface area contributed by atoms with Gasteiger partial charge in [0, 0.05) is 26.2 Å². The Balaban J connectivity index is 1.44. The molecule has 2 heterocycles. The number of rotatable bonds is 5. The molecular formula is C19H29N3O3. The third kappa shape index (κ3) is 5.25. The molecule has 2 atom stereocenters. The summed E-state index contributed by atoms with van der Waals surface area (Å²) in [6, 6.07) is 8.01. The van der Waals surface area contributed by atoms with Crippen LogP contribution >= 0.6 is 0 Å². The van der Waals surface area contributed by atoms with Crippen molar-refractivity contribution in [2.24, 2.45) is 0 Å². The van der Waals surface area contributed by atoms with Gasteiger partial charge in [-0.05, 0) is 43.4 Å². The molecule has 1 fully saturated rings. The lowest BCUT2D eigenvalue weighted by Gasteiger charge is -2.31. The summed E-state index contributed by atoms with van der Waals surface area (Å²) in [5, 5.41) is 25.9. The summed E-state index contributed by atoms with van der Waals surface area (Å²) in [6.07, 6.45) is 2.33. The number of amides is 1. The summed E-state index contributed by atoms with van der Waals surface area (Å²) in [5.41, 5.74) is 2.53. The highest BCUT2D eigenvalue weighted by molar-refractivity contribution is 5.82. The van der Waals surface area contributed by atoms with Gasteiger partial charge in [-0.25, -0.2) is 0 Å². The van der Waals surface area contributed by atoms with E-state index in [-0.39, 0.29) is 24.6 Å². The fraction of sp³-hybridized carbons (Fsp3) is 0.632. The summed E-state index contributed by atoms with van der Waals surface area (Å²) in [7, 11) is 0. The first-order chi connectivity index (χ1) is 12.1. The third-order valence-corrected chi connectivity index (χ3v) is 5.18. The fourth-order valence-electron chi connectivity index (χ4n) is 3.67. The largest absolute Gasteiger partial charge is 0.393 e. The van der Waals surface area contributed by atoms with E-state index >= 15 is 0 Å². The maximum absolute atomic E-state index is 12.5. The van der Waals surface area contributed by atoms with Gasteiger partial charge in [-0.15, -0.1) is 0 Å². The molecule has 3 rings (SSSR count). The second-order valence-electron chi connectivity index (χ2n) is 7.16. The molecule has 1 unspecified atom stereocenters. The number of hydrogen-bond acceptors (Lipinski definition) is 5. The van der Waals surface area contributed by atoms with E-state index in [9.17, 15) is 15.0 Å². The number of nitrogens with one attached hydrogen (secondary N) is 2. The second-order valence-corrected chi connectivity index (χ2v) is 7.16. The van der Waals surface area contributed by atoms with Crippen LogP contribution < -0.4 is 10.6 Å². The summed E-state index contributed by atoms with van der Waals surface area (Å²) >= 11 is 0. The highest BCUT2D eigenvalue weighted by Crippen LogP contribution is 2.15. The zero-order valence-corrected chi connectivity index (χ0v) is 14.7. The van der Waals surface area contributed by atoms with Crippen molar-refractivity contribution in [1.82, 2.24) is 15.5 Å². The molecule has 25 heavy (non-hydrogen) atoms. The average molecular weight is 347 g/mol. The van der Waals surface area contributed by atoms with E-state index in [1.54, 1.807) is 0 Å². The topological polar surface area (TPSA) is 84.8 Å². The van der Waals surface area contributed by atoms with Gasteiger partial charge in [-0.3, -0.25) is 4.79 Å². The van der Waals surface area contributed by atoms with Crippen LogP contribution in [0.15, 0.2) is 24.3 Å². The molecule has 4 N–H and O–H groups in total. The highest BCUT2D eigenvalue weighted by Gasteiger charge is 2.24. The molecule has 0 aromatic heterocycles. The number of aliphatic hydroxyl groups excluding tert-OH is 2. The molecule has 6 nitrogen and oxygen atoms in total. The number of piperidine rings is 1. The van der Waals surface area contributed by atoms with Gasteiger partial charge in [0.25, 0.3) is 0 Å². The minimum atomic E-state index is -0.586. The fourth-order valence-corrected chi connectivity index (χ4v) is 3.67. The first-order valence-corrected chi connectivity index (χ1v) is 9.28. The molecule has 0 radical (unpaired) electrons. The van der Waals surface area contributed by atoms with Crippen LogP contribution in [0.3, 0.4) is 0 Å². The zero-order valence-electron chi connectivity index (χ0n) is 14.7. The molecule has 2 aliphatic rings. The Morgan fingerprint density at radius 1 is 1.28 bits per heavy atom. The molecule has 2 aliphatic heterocycles. The number of carbonyl (C=O) groups is 1. The normalized spacial score (nSPS) is 23.5. The van der Waals surface area contributed by atoms with Crippen molar-refractivity contribution in [3.63, 3.8) is 0 Å². The van der Waals surface area contributed by atoms with E-state index in [0.717, 1.165) is 38.9 Å². The van der Waals surface area contributed by atoms with Crippen LogP contribution in [0.1, 0.15) is 24.0 Å². The van der Waals surface area contributed by atoms with E-state index in [1.165, 1.54) is 11.1 Å². The maximum Gasteiger partial charge on any atom is 0.237 e. The number of likely N-dealkylation sites (tertiary alicyclic amines) is 1. The minimum absolute atomic E-state index is 0.0511. The molecule has 1 amide bonds. The Morgan fingerprint density at radius 3 is 2.76 bits per heavy atom. The predicted molar refractivity (Wildman–Crippen MR) is 96.3 cm³/mol. The Kier molecular flexibility index (Phi) is 6.42. The summed E-state index contributed by atoms with van der Waals surface area (Å²) in [4.78, 5) is 14.6. The molecule has 1 aromatic rings. The molecule has 0 aliphatic carbocycles. The van der Waals surface area contributed by atoms with E-state index < -0.39 is 6.10 Å². The monoisotopic (exact) mass is 347 g/mol. The number of hydrogen-bond donors (Lipinski definition) is 4. The molecule has 138 valence electrons. The van der Waals surface area contributed by atoms with Gasteiger partial charge in [-0.2, -0.15) is 0 Å². The van der Waals surface area contributed by atoms with Crippen molar-refractivity contribution in [2.45, 2.75) is 43.9 Å². The van der Waals surface area contributed by atoms with Crippen LogP contribution in [-0.2, 0) is 17.6 Å². The van der Waals surface area contributed by atoms with Crippen LogP contribution in [0, 0.1) is 0 Å². The van der Waals surface area contributed by atoms with Crippen LogP contribution in [0.2, 0.25) is 0 Å². The van der Waals surface area contributed by atoms with E-state index in [0.29, 0.717) is 13.0 Å². The number of β-amino-alcohol motifs (C(OH)–C–C–N with tert-alkyl or cyclic N) is 1. The highest BCUT2D eigenvalue weighted by atomic mass is 16.3. The maximum atomic E-state index is 12.5. The van der Waals surface area contributed by atoms with Gasteiger partial charge in [0.1, 0.15) is 0 Å². The van der Waals surface area contributed by atoms with Gasteiger partial charge in [-0.1, -0.05) is 24.3 Å². The van der Waals surface area contributed by atoms with Gasteiger partial charge in [0.2, 0.25) is 5.91 Å². The Bertz CT molecular complexity index is 573. The average Bonchev–Trinajstić information content (AvgIpc) is 2.84. The van der Waals surface area contributed by atoms with Gasteiger partial charge >= 0.3 is 0 Å². The number of fused-ring (bicyclic) bond motifs is 1. The van der Waals surface area contributed by atoms with E-state index in [1.807, 2.05) is 12.1 Å². The Morgan fingerprint density at radius 2 is 2.00 bits per heavy atom. The first kappa shape index (κ1) is 18.3. The molecule has 0 bridgehead atoms. The molecule has 1 aromatic carbocycles. The Hall–Kier alpha value is -1.47. The van der Waals surface area contributed by atoms with E-state index in [4.69, 9.17) is 0 Å². The van der Waals surface area contributed by atoms with E-state index in [2.05, 4.69) is 27.7 Å². The number of carbonyl (C=O) groups excluding carboxylic acids is 1. The second kappa shape index (κ2) is 8.76. The quantitative estimate of drug-likeness (QED) is 0.587. The van der Waals surface area contributed by atoms with Crippen molar-refractivity contribution in [3.05, 3.63) is 35.4 Å². The molecule has 0 saturated carbocycles. The molecule has 0 spiro atoms. The first-order valence-electron chi connectivity index (χ1n) is 9.28. The number of aliphatic hydroxyl groups is 2. The van der Waals surface area contributed by atoms with Gasteiger partial charge in [0.15, 0.2) is 0 Å². The predicted octanol–water partition coefficient (Wildman–Crippen LogP) is -0.323. The van der Waals surface area contributed by atoms with Crippen molar-refractivity contribution < 1.29 is 15.0 Å². The van der Waals surface area contributed by atoms with Gasteiger partial charge in [0.05, 0.1) is 18.2 Å². The number of nitrogens with zero attached hydrogens (tertiary/aromatic N) is 1. The number of benzene rings is 1. The SMILES string of the molecule is O=C(NC[C@@H](O)CN1CCC(O)CC1)C1Cc2ccccc2CCN1. The standard InChI is InChI=1S/C19H29N3O3/c23-16-6-9-22(10-7-16)13-17(24)12-21-19(25)18-11-15-4-2-1-3-14(15)5-8-20-18/h1-4,16-18,20,23-24H,5-13H2,(H,21,25)/t17-,18?/m1/s1. The lowest BCUT2D eigenvalue weighted by Crippen LogP contribution is -2.49. The molecule has 6 heteroatoms. The third-order valence-electron chi connectivity index (χ3n) is 5.18. The minimum Gasteiger partial charge on any atom is -0.393 e. The van der Waals surface area contributed by atoms with Crippen LogP contribution in [-0.4, -0.2) is 72.0 Å². The van der Waals surface area contributed by atoms with Crippen LogP contribution in [0.4, 0.5) is 0 Å². The van der Waals surface area contributed by atoms with Crippen LogP contribution in [0.5, 0.6) is 0 Å². The summed E-state index contributed by atoms with van der Waals surface area (Å²) in [5.74, 6) is -0.0511. The van der Waals surface area contributed by atoms with Gasteiger partial charge < -0.3 is 25.7 Å². The molecule has 1 saturated heterocycles. The smallest absolute Gasteiger partial charge is 0.237 e. The molecular weight excluding hydrogens is 318 g/mol. The zero-order chi connectivity index (χ0) is 17.6. The van der Waals surface area contributed by atoms with Crippen molar-refractivity contribution >= 4 is 5.91 Å². The summed E-state index contributed by atoms with van der Waals surface area (Å²) < 4.78 is 0. The summed E-state index contributed by atoms with van der Waals surface area (Å²) in [6.45, 7) is 3.18.